The van der Waals surface area contributed by atoms with Crippen LogP contribution in [0.1, 0.15) is 0 Å². The van der Waals surface area contributed by atoms with Gasteiger partial charge in [-0.3, -0.25) is 0 Å². The van der Waals surface area contributed by atoms with Gasteiger partial charge in [0.2, 0.25) is 0 Å². The molecule has 2 heterocycles. The van der Waals surface area contributed by atoms with Crippen molar-refractivity contribution in [2.75, 3.05) is 0 Å². The average molecular weight is 307 g/mol. The van der Waals surface area contributed by atoms with Gasteiger partial charge in [-0.05, 0) is 28.1 Å². The first-order chi connectivity index (χ1) is 8.34. The molecule has 0 amide bonds. The van der Waals surface area contributed by atoms with E-state index in [1.54, 1.807) is 18.1 Å². The van der Waals surface area contributed by atoms with Crippen molar-refractivity contribution in [3.05, 3.63) is 41.4 Å². The standard InChI is InChI=1S/C11H7BrN4S/c12-7-3-1-2-4-8(7)17-11-9-10(14-5-13-9)15-6-16-11/h1-6H,(H,13,14,15,16). The molecule has 0 aliphatic rings. The summed E-state index contributed by atoms with van der Waals surface area (Å²) in [5, 5.41) is 0.874. The van der Waals surface area contributed by atoms with Gasteiger partial charge in [-0.2, -0.15) is 0 Å². The Morgan fingerprint density at radius 2 is 2.00 bits per heavy atom. The lowest BCUT2D eigenvalue weighted by molar-refractivity contribution is 1.08. The number of nitrogens with zero attached hydrogens (tertiary/aromatic N) is 3. The zero-order valence-electron chi connectivity index (χ0n) is 8.59. The number of H-pyrrole nitrogens is 1. The Kier molecular flexibility index (Phi) is 2.82. The number of fused-ring (bicyclic) bond motifs is 1. The van der Waals surface area contributed by atoms with Gasteiger partial charge in [-0.1, -0.05) is 23.9 Å². The predicted octanol–water partition coefficient (Wildman–Crippen LogP) is 3.27. The van der Waals surface area contributed by atoms with Gasteiger partial charge in [-0.25, -0.2) is 15.0 Å². The second-order valence-corrected chi connectivity index (χ2v) is 5.20. The molecule has 1 N–H and O–H groups in total. The molecule has 0 saturated carbocycles. The van der Waals surface area contributed by atoms with E-state index in [9.17, 15) is 0 Å². The molecule has 0 unspecified atom stereocenters. The summed E-state index contributed by atoms with van der Waals surface area (Å²) in [5.41, 5.74) is 1.56. The van der Waals surface area contributed by atoms with Gasteiger partial charge in [0.15, 0.2) is 5.65 Å². The van der Waals surface area contributed by atoms with Gasteiger partial charge in [0, 0.05) is 9.37 Å². The van der Waals surface area contributed by atoms with Crippen LogP contribution in [-0.2, 0) is 0 Å². The third-order valence-corrected chi connectivity index (χ3v) is 4.26. The minimum Gasteiger partial charge on any atom is -0.341 e. The van der Waals surface area contributed by atoms with Crippen LogP contribution in [0.2, 0.25) is 0 Å². The number of hydrogen-bond acceptors (Lipinski definition) is 4. The first-order valence-corrected chi connectivity index (χ1v) is 6.52. The Labute approximate surface area is 110 Å². The maximum Gasteiger partial charge on any atom is 0.181 e. The van der Waals surface area contributed by atoms with Gasteiger partial charge < -0.3 is 4.98 Å². The van der Waals surface area contributed by atoms with Gasteiger partial charge >= 0.3 is 0 Å². The van der Waals surface area contributed by atoms with Crippen LogP contribution >= 0.6 is 27.7 Å². The molecule has 84 valence electrons. The molecule has 0 aliphatic carbocycles. The zero-order valence-corrected chi connectivity index (χ0v) is 11.0. The van der Waals surface area contributed by atoms with Gasteiger partial charge in [0.05, 0.1) is 6.33 Å². The molecule has 3 aromatic rings. The average Bonchev–Trinajstić information content (AvgIpc) is 2.81. The Bertz CT molecular complexity index is 667. The molecule has 0 radical (unpaired) electrons. The van der Waals surface area contributed by atoms with Gasteiger partial charge in [-0.15, -0.1) is 0 Å². The van der Waals surface area contributed by atoms with Crippen LogP contribution in [0.3, 0.4) is 0 Å². The van der Waals surface area contributed by atoms with Crippen LogP contribution in [0.4, 0.5) is 0 Å². The summed E-state index contributed by atoms with van der Waals surface area (Å²) in [6, 6.07) is 8.03. The van der Waals surface area contributed by atoms with Crippen LogP contribution in [0.25, 0.3) is 11.2 Å². The largest absolute Gasteiger partial charge is 0.341 e. The van der Waals surface area contributed by atoms with Crippen LogP contribution in [0.15, 0.2) is 51.3 Å². The molecule has 4 nitrogen and oxygen atoms in total. The lowest BCUT2D eigenvalue weighted by Gasteiger charge is -2.03. The summed E-state index contributed by atoms with van der Waals surface area (Å²) in [7, 11) is 0. The number of hydrogen-bond donors (Lipinski definition) is 1. The van der Waals surface area contributed by atoms with E-state index in [2.05, 4.69) is 35.9 Å². The van der Waals surface area contributed by atoms with Crippen molar-refractivity contribution in [1.82, 2.24) is 19.9 Å². The molecule has 0 atom stereocenters. The summed E-state index contributed by atoms with van der Waals surface area (Å²) in [5.74, 6) is 0. The monoisotopic (exact) mass is 306 g/mol. The second kappa shape index (κ2) is 4.46. The van der Waals surface area contributed by atoms with E-state index in [0.717, 1.165) is 19.9 Å². The van der Waals surface area contributed by atoms with Crippen molar-refractivity contribution in [1.29, 1.82) is 0 Å². The SMILES string of the molecule is Brc1ccccc1Sc1ncnc2nc[nH]c12. The lowest BCUT2D eigenvalue weighted by Crippen LogP contribution is -1.86. The third-order valence-electron chi connectivity index (χ3n) is 2.23. The van der Waals surface area contributed by atoms with Crippen molar-refractivity contribution in [3.63, 3.8) is 0 Å². The van der Waals surface area contributed by atoms with Crippen molar-refractivity contribution >= 4 is 38.9 Å². The van der Waals surface area contributed by atoms with E-state index in [0.29, 0.717) is 5.65 Å². The fourth-order valence-electron chi connectivity index (χ4n) is 1.45. The molecule has 6 heteroatoms. The Balaban J connectivity index is 2.06. The molecule has 1 aromatic carbocycles. The van der Waals surface area contributed by atoms with E-state index in [-0.39, 0.29) is 0 Å². The molecular formula is C11H7BrN4S. The van der Waals surface area contributed by atoms with Crippen molar-refractivity contribution in [3.8, 4) is 0 Å². The minimum atomic E-state index is 0.689. The summed E-state index contributed by atoms with van der Waals surface area (Å²) in [6.07, 6.45) is 3.16. The minimum absolute atomic E-state index is 0.689. The van der Waals surface area contributed by atoms with E-state index in [1.165, 1.54) is 6.33 Å². The highest BCUT2D eigenvalue weighted by atomic mass is 79.9. The first kappa shape index (κ1) is 10.7. The molecule has 0 bridgehead atoms. The summed E-state index contributed by atoms with van der Waals surface area (Å²) in [6.45, 7) is 0. The van der Waals surface area contributed by atoms with Crippen molar-refractivity contribution < 1.29 is 0 Å². The van der Waals surface area contributed by atoms with Gasteiger partial charge in [0.1, 0.15) is 16.9 Å². The van der Waals surface area contributed by atoms with E-state index >= 15 is 0 Å². The fourth-order valence-corrected chi connectivity index (χ4v) is 2.85. The summed E-state index contributed by atoms with van der Waals surface area (Å²) >= 11 is 5.10. The summed E-state index contributed by atoms with van der Waals surface area (Å²) in [4.78, 5) is 16.6. The molecule has 3 rings (SSSR count). The zero-order chi connectivity index (χ0) is 11.7. The summed E-state index contributed by atoms with van der Waals surface area (Å²) < 4.78 is 1.05. The third kappa shape index (κ3) is 2.05. The maximum absolute atomic E-state index is 4.28. The van der Waals surface area contributed by atoms with Crippen molar-refractivity contribution in [2.24, 2.45) is 0 Å². The number of imidazole rings is 1. The number of rotatable bonds is 2. The van der Waals surface area contributed by atoms with Crippen LogP contribution in [0, 0.1) is 0 Å². The Morgan fingerprint density at radius 3 is 2.88 bits per heavy atom. The molecule has 2 aromatic heterocycles. The highest BCUT2D eigenvalue weighted by Gasteiger charge is 2.08. The topological polar surface area (TPSA) is 54.5 Å². The number of nitrogens with one attached hydrogen (secondary N) is 1. The fraction of sp³-hybridized carbons (Fsp3) is 0. The second-order valence-electron chi connectivity index (χ2n) is 3.31. The number of benzene rings is 1. The normalized spacial score (nSPS) is 10.9. The smallest absolute Gasteiger partial charge is 0.181 e. The molecular weight excluding hydrogens is 300 g/mol. The van der Waals surface area contributed by atoms with Crippen LogP contribution in [0.5, 0.6) is 0 Å². The van der Waals surface area contributed by atoms with Crippen molar-refractivity contribution in [2.45, 2.75) is 9.92 Å². The van der Waals surface area contributed by atoms with Gasteiger partial charge in [0.25, 0.3) is 0 Å². The maximum atomic E-state index is 4.28. The highest BCUT2D eigenvalue weighted by Crippen LogP contribution is 2.34. The van der Waals surface area contributed by atoms with Crippen LogP contribution in [-0.4, -0.2) is 19.9 Å². The first-order valence-electron chi connectivity index (χ1n) is 4.91. The molecule has 0 spiro atoms. The molecule has 17 heavy (non-hydrogen) atoms. The Hall–Kier alpha value is -1.40. The van der Waals surface area contributed by atoms with E-state index in [4.69, 9.17) is 0 Å². The molecule has 0 saturated heterocycles. The van der Waals surface area contributed by atoms with Crippen LogP contribution < -0.4 is 0 Å². The number of halogens is 1. The van der Waals surface area contributed by atoms with E-state index in [1.807, 2.05) is 24.3 Å². The molecule has 0 aliphatic heterocycles. The van der Waals surface area contributed by atoms with E-state index < -0.39 is 0 Å². The molecule has 0 fully saturated rings. The highest BCUT2D eigenvalue weighted by molar-refractivity contribution is 9.10. The quantitative estimate of drug-likeness (QED) is 0.738. The Morgan fingerprint density at radius 1 is 1.12 bits per heavy atom. The lowest BCUT2D eigenvalue weighted by atomic mass is 10.4. The predicted molar refractivity (Wildman–Crippen MR) is 69.9 cm³/mol. The number of aromatic amines is 1. The number of aromatic nitrogens is 4.